The van der Waals surface area contributed by atoms with Crippen molar-refractivity contribution >= 4 is 27.3 Å². The van der Waals surface area contributed by atoms with Gasteiger partial charge in [-0.1, -0.05) is 26.7 Å². The number of nitrogens with zero attached hydrogens (tertiary/aromatic N) is 1. The maximum absolute atomic E-state index is 4.65. The second-order valence-corrected chi connectivity index (χ2v) is 6.66. The highest BCUT2D eigenvalue weighted by atomic mass is 79.9. The maximum Gasteiger partial charge on any atom is 0.159 e. The predicted molar refractivity (Wildman–Crippen MR) is 65.1 cm³/mol. The van der Waals surface area contributed by atoms with Crippen molar-refractivity contribution in [3.05, 3.63) is 14.5 Å². The zero-order chi connectivity index (χ0) is 10.1. The van der Waals surface area contributed by atoms with Gasteiger partial charge in [0.1, 0.15) is 0 Å². The first-order valence-corrected chi connectivity index (χ1v) is 6.95. The van der Waals surface area contributed by atoms with Gasteiger partial charge in [-0.05, 0) is 34.7 Å². The van der Waals surface area contributed by atoms with Crippen LogP contribution in [0.2, 0.25) is 0 Å². The smallest absolute Gasteiger partial charge is 0.159 e. The van der Waals surface area contributed by atoms with Gasteiger partial charge in [-0.3, -0.25) is 0 Å². The van der Waals surface area contributed by atoms with E-state index in [9.17, 15) is 0 Å². The summed E-state index contributed by atoms with van der Waals surface area (Å²) in [5.41, 5.74) is 1.38. The Morgan fingerprint density at radius 1 is 1.36 bits per heavy atom. The average molecular weight is 274 g/mol. The normalized spacial score (nSPS) is 18.3. The fourth-order valence-corrected chi connectivity index (χ4v) is 3.81. The van der Waals surface area contributed by atoms with Gasteiger partial charge in [-0.25, -0.2) is 4.98 Å². The van der Waals surface area contributed by atoms with E-state index in [0.717, 1.165) is 9.83 Å². The molecule has 1 fully saturated rings. The molecule has 1 aliphatic carbocycles. The minimum atomic E-state index is 0.620. The molecule has 0 atom stereocenters. The molecule has 0 unspecified atom stereocenters. The van der Waals surface area contributed by atoms with Crippen molar-refractivity contribution in [3.63, 3.8) is 0 Å². The van der Waals surface area contributed by atoms with Gasteiger partial charge in [0.2, 0.25) is 0 Å². The maximum atomic E-state index is 4.65. The standard InChI is InChI=1S/C11H16BrNS/c1-7(2)10-9(13-11(12)14-10)8-5-3-4-6-8/h7-8H,3-6H2,1-2H3. The SMILES string of the molecule is CC(C)c1sc(Br)nc1C1CCCC1. The van der Waals surface area contributed by atoms with Crippen LogP contribution in [0.25, 0.3) is 0 Å². The van der Waals surface area contributed by atoms with E-state index in [2.05, 4.69) is 34.8 Å². The summed E-state index contributed by atoms with van der Waals surface area (Å²) in [5, 5.41) is 0. The van der Waals surface area contributed by atoms with Crippen molar-refractivity contribution in [1.82, 2.24) is 4.98 Å². The Balaban J connectivity index is 2.30. The molecular weight excluding hydrogens is 258 g/mol. The number of aromatic nitrogens is 1. The van der Waals surface area contributed by atoms with Crippen LogP contribution in [0.15, 0.2) is 3.92 Å². The molecule has 0 bridgehead atoms. The predicted octanol–water partition coefficient (Wildman–Crippen LogP) is 4.69. The third-order valence-corrected chi connectivity index (χ3v) is 4.74. The van der Waals surface area contributed by atoms with Gasteiger partial charge in [0, 0.05) is 10.8 Å². The quantitative estimate of drug-likeness (QED) is 0.762. The molecule has 0 aliphatic heterocycles. The van der Waals surface area contributed by atoms with Crippen LogP contribution in [-0.4, -0.2) is 4.98 Å². The number of thiazole rings is 1. The molecule has 1 heterocycles. The first-order valence-electron chi connectivity index (χ1n) is 5.34. The lowest BCUT2D eigenvalue weighted by molar-refractivity contribution is 0.682. The molecule has 1 aromatic heterocycles. The first-order chi connectivity index (χ1) is 6.68. The fraction of sp³-hybridized carbons (Fsp3) is 0.727. The fourth-order valence-electron chi connectivity index (χ4n) is 2.22. The molecule has 0 spiro atoms. The lowest BCUT2D eigenvalue weighted by Gasteiger charge is -2.10. The van der Waals surface area contributed by atoms with Crippen LogP contribution in [0, 0.1) is 0 Å². The number of hydrogen-bond donors (Lipinski definition) is 0. The van der Waals surface area contributed by atoms with E-state index >= 15 is 0 Å². The Hall–Kier alpha value is 0.110. The molecule has 1 saturated carbocycles. The Bertz CT molecular complexity index is 313. The molecule has 0 amide bonds. The molecule has 0 saturated heterocycles. The van der Waals surface area contributed by atoms with Crippen molar-refractivity contribution in [2.75, 3.05) is 0 Å². The number of rotatable bonds is 2. The van der Waals surface area contributed by atoms with E-state index in [0.29, 0.717) is 5.92 Å². The lowest BCUT2D eigenvalue weighted by atomic mass is 9.99. The molecule has 78 valence electrons. The minimum absolute atomic E-state index is 0.620. The summed E-state index contributed by atoms with van der Waals surface area (Å²) in [6.45, 7) is 4.52. The molecule has 1 aliphatic rings. The van der Waals surface area contributed by atoms with E-state index in [1.807, 2.05) is 11.3 Å². The Morgan fingerprint density at radius 3 is 2.57 bits per heavy atom. The third kappa shape index (κ3) is 2.03. The topological polar surface area (TPSA) is 12.9 Å². The summed E-state index contributed by atoms with van der Waals surface area (Å²) in [6, 6.07) is 0. The van der Waals surface area contributed by atoms with E-state index in [4.69, 9.17) is 0 Å². The van der Waals surface area contributed by atoms with E-state index < -0.39 is 0 Å². The van der Waals surface area contributed by atoms with Crippen molar-refractivity contribution in [3.8, 4) is 0 Å². The van der Waals surface area contributed by atoms with Crippen LogP contribution < -0.4 is 0 Å². The van der Waals surface area contributed by atoms with Crippen molar-refractivity contribution in [2.24, 2.45) is 0 Å². The van der Waals surface area contributed by atoms with E-state index in [1.54, 1.807) is 0 Å². The summed E-state index contributed by atoms with van der Waals surface area (Å²) in [5.74, 6) is 1.37. The largest absolute Gasteiger partial charge is 0.234 e. The zero-order valence-corrected chi connectivity index (χ0v) is 11.1. The molecule has 14 heavy (non-hydrogen) atoms. The van der Waals surface area contributed by atoms with Gasteiger partial charge in [0.15, 0.2) is 3.92 Å². The van der Waals surface area contributed by atoms with Gasteiger partial charge >= 0.3 is 0 Å². The molecule has 1 aromatic rings. The van der Waals surface area contributed by atoms with Gasteiger partial charge < -0.3 is 0 Å². The Labute approximate surface area is 98.1 Å². The van der Waals surface area contributed by atoms with Crippen LogP contribution in [0.4, 0.5) is 0 Å². The summed E-state index contributed by atoms with van der Waals surface area (Å²) in [4.78, 5) is 6.14. The van der Waals surface area contributed by atoms with Crippen LogP contribution in [0.1, 0.15) is 61.9 Å². The first kappa shape index (κ1) is 10.6. The number of hydrogen-bond acceptors (Lipinski definition) is 2. The van der Waals surface area contributed by atoms with Crippen molar-refractivity contribution in [2.45, 2.75) is 51.4 Å². The van der Waals surface area contributed by atoms with Gasteiger partial charge in [-0.2, -0.15) is 0 Å². The number of halogens is 1. The Morgan fingerprint density at radius 2 is 2.00 bits per heavy atom. The Kier molecular flexibility index (Phi) is 3.27. The minimum Gasteiger partial charge on any atom is -0.234 e. The molecular formula is C11H16BrNS. The summed E-state index contributed by atoms with van der Waals surface area (Å²) in [6.07, 6.45) is 5.46. The highest BCUT2D eigenvalue weighted by Gasteiger charge is 2.24. The second kappa shape index (κ2) is 4.31. The van der Waals surface area contributed by atoms with E-state index in [-0.39, 0.29) is 0 Å². The van der Waals surface area contributed by atoms with Gasteiger partial charge in [0.25, 0.3) is 0 Å². The molecule has 1 nitrogen and oxygen atoms in total. The van der Waals surface area contributed by atoms with Crippen LogP contribution in [-0.2, 0) is 0 Å². The van der Waals surface area contributed by atoms with Crippen LogP contribution in [0.5, 0.6) is 0 Å². The summed E-state index contributed by atoms with van der Waals surface area (Å²) in [7, 11) is 0. The van der Waals surface area contributed by atoms with Crippen molar-refractivity contribution in [1.29, 1.82) is 0 Å². The zero-order valence-electron chi connectivity index (χ0n) is 8.72. The summed E-state index contributed by atoms with van der Waals surface area (Å²) >= 11 is 5.32. The summed E-state index contributed by atoms with van der Waals surface area (Å²) < 4.78 is 1.06. The second-order valence-electron chi connectivity index (χ2n) is 4.35. The molecule has 0 N–H and O–H groups in total. The molecule has 2 rings (SSSR count). The van der Waals surface area contributed by atoms with Gasteiger partial charge in [-0.15, -0.1) is 11.3 Å². The monoisotopic (exact) mass is 273 g/mol. The van der Waals surface area contributed by atoms with E-state index in [1.165, 1.54) is 36.3 Å². The van der Waals surface area contributed by atoms with Crippen LogP contribution in [0.3, 0.4) is 0 Å². The highest BCUT2D eigenvalue weighted by molar-refractivity contribution is 9.11. The molecule has 0 aromatic carbocycles. The van der Waals surface area contributed by atoms with Crippen LogP contribution >= 0.6 is 27.3 Å². The average Bonchev–Trinajstić information content (AvgIpc) is 2.70. The lowest BCUT2D eigenvalue weighted by Crippen LogP contribution is -1.98. The van der Waals surface area contributed by atoms with Gasteiger partial charge in [0.05, 0.1) is 5.69 Å². The molecule has 0 radical (unpaired) electrons. The highest BCUT2D eigenvalue weighted by Crippen LogP contribution is 2.40. The third-order valence-electron chi connectivity index (χ3n) is 2.92. The van der Waals surface area contributed by atoms with Crippen molar-refractivity contribution < 1.29 is 0 Å². The molecule has 3 heteroatoms.